The van der Waals surface area contributed by atoms with E-state index in [-0.39, 0.29) is 5.82 Å². The van der Waals surface area contributed by atoms with Gasteiger partial charge in [-0.25, -0.2) is 4.39 Å². The Hall–Kier alpha value is -0.890. The van der Waals surface area contributed by atoms with Crippen LogP contribution in [-0.2, 0) is 5.54 Å². The first-order valence-electron chi connectivity index (χ1n) is 6.38. The van der Waals surface area contributed by atoms with Crippen LogP contribution in [0.4, 0.5) is 4.39 Å². The third kappa shape index (κ3) is 4.12. The Morgan fingerprint density at radius 2 is 2.00 bits per heavy atom. The summed E-state index contributed by atoms with van der Waals surface area (Å²) in [6.07, 6.45) is 3.15. The molecule has 0 spiro atoms. The Morgan fingerprint density at radius 1 is 1.35 bits per heavy atom. The zero-order valence-corrected chi connectivity index (χ0v) is 11.4. The molecule has 0 amide bonds. The van der Waals surface area contributed by atoms with E-state index < -0.39 is 5.54 Å². The van der Waals surface area contributed by atoms with E-state index in [1.54, 1.807) is 19.1 Å². The minimum atomic E-state index is -0.427. The molecular weight excluding hydrogens is 213 g/mol. The minimum absolute atomic E-state index is 0.164. The fourth-order valence-electron chi connectivity index (χ4n) is 1.97. The molecule has 0 aromatic heterocycles. The highest BCUT2D eigenvalue weighted by molar-refractivity contribution is 5.28. The lowest BCUT2D eigenvalue weighted by Gasteiger charge is -2.26. The maximum Gasteiger partial charge on any atom is 0.126 e. The van der Waals surface area contributed by atoms with E-state index in [1.807, 2.05) is 13.0 Å². The highest BCUT2D eigenvalue weighted by Gasteiger charge is 2.21. The molecule has 0 aliphatic heterocycles. The van der Waals surface area contributed by atoms with Gasteiger partial charge in [-0.15, -0.1) is 0 Å². The van der Waals surface area contributed by atoms with E-state index >= 15 is 0 Å². The largest absolute Gasteiger partial charge is 0.322 e. The van der Waals surface area contributed by atoms with Gasteiger partial charge in [-0.05, 0) is 43.4 Å². The molecule has 1 rings (SSSR count). The van der Waals surface area contributed by atoms with Gasteiger partial charge in [0, 0.05) is 5.54 Å². The van der Waals surface area contributed by atoms with E-state index in [9.17, 15) is 4.39 Å². The Morgan fingerprint density at radius 3 is 2.53 bits per heavy atom. The number of aryl methyl sites for hydroxylation is 1. The van der Waals surface area contributed by atoms with E-state index in [0.717, 1.165) is 18.4 Å². The number of hydrogen-bond donors (Lipinski definition) is 1. The highest BCUT2D eigenvalue weighted by atomic mass is 19.1. The summed E-state index contributed by atoms with van der Waals surface area (Å²) in [6, 6.07) is 5.32. The van der Waals surface area contributed by atoms with Crippen LogP contribution in [0.2, 0.25) is 0 Å². The van der Waals surface area contributed by atoms with Crippen molar-refractivity contribution in [3.05, 3.63) is 35.1 Å². The zero-order chi connectivity index (χ0) is 13.1. The van der Waals surface area contributed by atoms with Gasteiger partial charge in [-0.2, -0.15) is 0 Å². The van der Waals surface area contributed by atoms with Crippen LogP contribution in [0.25, 0.3) is 0 Å². The molecule has 96 valence electrons. The molecule has 1 aromatic carbocycles. The van der Waals surface area contributed by atoms with Crippen LogP contribution in [0, 0.1) is 18.7 Å². The van der Waals surface area contributed by atoms with Crippen LogP contribution in [0.1, 0.15) is 51.2 Å². The lowest BCUT2D eigenvalue weighted by Crippen LogP contribution is -2.33. The van der Waals surface area contributed by atoms with E-state index in [4.69, 9.17) is 5.73 Å². The molecule has 0 saturated carbocycles. The SMILES string of the molecule is Cc1ccc(C(C)(N)CCCC(C)C)cc1F. The van der Waals surface area contributed by atoms with Crippen molar-refractivity contribution in [2.24, 2.45) is 11.7 Å². The van der Waals surface area contributed by atoms with Gasteiger partial charge in [0.25, 0.3) is 0 Å². The van der Waals surface area contributed by atoms with Gasteiger partial charge in [-0.1, -0.05) is 38.8 Å². The quantitative estimate of drug-likeness (QED) is 0.818. The summed E-state index contributed by atoms with van der Waals surface area (Å²) < 4.78 is 13.5. The monoisotopic (exact) mass is 237 g/mol. The van der Waals surface area contributed by atoms with Crippen molar-refractivity contribution in [3.8, 4) is 0 Å². The normalized spacial score (nSPS) is 15.0. The maximum atomic E-state index is 13.5. The molecule has 0 fully saturated rings. The van der Waals surface area contributed by atoms with Gasteiger partial charge in [0.15, 0.2) is 0 Å². The average Bonchev–Trinajstić information content (AvgIpc) is 2.21. The number of benzene rings is 1. The van der Waals surface area contributed by atoms with Crippen molar-refractivity contribution in [1.82, 2.24) is 0 Å². The van der Waals surface area contributed by atoms with Crippen molar-refractivity contribution in [2.45, 2.75) is 52.5 Å². The molecular formula is C15H24FN. The topological polar surface area (TPSA) is 26.0 Å². The Labute approximate surface area is 104 Å². The third-order valence-electron chi connectivity index (χ3n) is 3.31. The fraction of sp³-hybridized carbons (Fsp3) is 0.600. The van der Waals surface area contributed by atoms with Crippen LogP contribution >= 0.6 is 0 Å². The highest BCUT2D eigenvalue weighted by Crippen LogP contribution is 2.26. The predicted molar refractivity (Wildman–Crippen MR) is 71.4 cm³/mol. The van der Waals surface area contributed by atoms with E-state index in [2.05, 4.69) is 13.8 Å². The molecule has 2 heteroatoms. The van der Waals surface area contributed by atoms with Gasteiger partial charge in [-0.3, -0.25) is 0 Å². The molecule has 17 heavy (non-hydrogen) atoms. The molecule has 0 radical (unpaired) electrons. The second-order valence-electron chi connectivity index (χ2n) is 5.67. The third-order valence-corrected chi connectivity index (χ3v) is 3.31. The van der Waals surface area contributed by atoms with Gasteiger partial charge >= 0.3 is 0 Å². The van der Waals surface area contributed by atoms with Crippen molar-refractivity contribution < 1.29 is 4.39 Å². The first-order chi connectivity index (χ1) is 7.83. The summed E-state index contributed by atoms with van der Waals surface area (Å²) in [7, 11) is 0. The summed E-state index contributed by atoms with van der Waals surface area (Å²) in [5.41, 5.74) is 7.42. The molecule has 1 atom stereocenters. The molecule has 0 heterocycles. The molecule has 1 nitrogen and oxygen atoms in total. The Kier molecular flexibility index (Phi) is 4.70. The molecule has 0 aliphatic carbocycles. The van der Waals surface area contributed by atoms with Crippen molar-refractivity contribution in [3.63, 3.8) is 0 Å². The van der Waals surface area contributed by atoms with Crippen molar-refractivity contribution in [1.29, 1.82) is 0 Å². The summed E-state index contributed by atoms with van der Waals surface area (Å²) in [6.45, 7) is 8.17. The molecule has 0 aliphatic rings. The minimum Gasteiger partial charge on any atom is -0.322 e. The zero-order valence-electron chi connectivity index (χ0n) is 11.4. The molecule has 2 N–H and O–H groups in total. The van der Waals surface area contributed by atoms with E-state index in [1.165, 1.54) is 6.42 Å². The summed E-state index contributed by atoms with van der Waals surface area (Å²) >= 11 is 0. The summed E-state index contributed by atoms with van der Waals surface area (Å²) in [4.78, 5) is 0. The number of halogens is 1. The predicted octanol–water partition coefficient (Wildman–Crippen LogP) is 4.13. The van der Waals surface area contributed by atoms with Crippen LogP contribution in [-0.4, -0.2) is 0 Å². The van der Waals surface area contributed by atoms with Crippen molar-refractivity contribution >= 4 is 0 Å². The summed E-state index contributed by atoms with van der Waals surface area (Å²) in [5, 5.41) is 0. The lowest BCUT2D eigenvalue weighted by atomic mass is 9.86. The number of nitrogens with two attached hydrogens (primary N) is 1. The smallest absolute Gasteiger partial charge is 0.126 e. The molecule has 1 aromatic rings. The lowest BCUT2D eigenvalue weighted by molar-refractivity contribution is 0.404. The summed E-state index contributed by atoms with van der Waals surface area (Å²) in [5.74, 6) is 0.531. The Balaban J connectivity index is 2.71. The number of rotatable bonds is 5. The van der Waals surface area contributed by atoms with Crippen LogP contribution < -0.4 is 5.73 Å². The van der Waals surface area contributed by atoms with Crippen molar-refractivity contribution in [2.75, 3.05) is 0 Å². The molecule has 1 unspecified atom stereocenters. The fourth-order valence-corrected chi connectivity index (χ4v) is 1.97. The van der Waals surface area contributed by atoms with Gasteiger partial charge in [0.2, 0.25) is 0 Å². The average molecular weight is 237 g/mol. The van der Waals surface area contributed by atoms with Crippen LogP contribution in [0.5, 0.6) is 0 Å². The van der Waals surface area contributed by atoms with Crippen LogP contribution in [0.15, 0.2) is 18.2 Å². The first kappa shape index (κ1) is 14.2. The van der Waals surface area contributed by atoms with Gasteiger partial charge in [0.05, 0.1) is 0 Å². The second kappa shape index (κ2) is 5.63. The molecule has 0 bridgehead atoms. The standard InChI is InChI=1S/C15H24FN/c1-11(2)6-5-9-15(4,17)13-8-7-12(3)14(16)10-13/h7-8,10-11H,5-6,9,17H2,1-4H3. The second-order valence-corrected chi connectivity index (χ2v) is 5.67. The number of hydrogen-bond acceptors (Lipinski definition) is 1. The van der Waals surface area contributed by atoms with Gasteiger partial charge < -0.3 is 5.73 Å². The first-order valence-corrected chi connectivity index (χ1v) is 6.38. The molecule has 0 saturated heterocycles. The van der Waals surface area contributed by atoms with Crippen LogP contribution in [0.3, 0.4) is 0 Å². The maximum absolute atomic E-state index is 13.5. The van der Waals surface area contributed by atoms with E-state index in [0.29, 0.717) is 11.5 Å². The Bertz CT molecular complexity index is 369. The van der Waals surface area contributed by atoms with Gasteiger partial charge in [0.1, 0.15) is 5.82 Å².